The van der Waals surface area contributed by atoms with Crippen LogP contribution < -0.4 is 10.6 Å². The minimum Gasteiger partial charge on any atom is -0.381 e. The molecule has 0 saturated heterocycles. The molecule has 2 aromatic rings. The van der Waals surface area contributed by atoms with E-state index in [0.717, 1.165) is 31.4 Å². The molecule has 0 aliphatic heterocycles. The number of hydrogen-bond donors (Lipinski definition) is 2. The summed E-state index contributed by atoms with van der Waals surface area (Å²) in [5.41, 5.74) is 2.27. The number of hydrogen-bond acceptors (Lipinski definition) is 3. The number of amides is 2. The summed E-state index contributed by atoms with van der Waals surface area (Å²) in [7, 11) is 1.73. The molecular weight excluding hydrogens is 304 g/mol. The van der Waals surface area contributed by atoms with E-state index < -0.39 is 0 Å². The van der Waals surface area contributed by atoms with E-state index >= 15 is 0 Å². The van der Waals surface area contributed by atoms with Gasteiger partial charge < -0.3 is 19.9 Å². The fraction of sp³-hybridized carbons (Fsp3) is 0.444. The van der Waals surface area contributed by atoms with Crippen LogP contribution in [0.5, 0.6) is 0 Å². The molecule has 1 aliphatic rings. The Morgan fingerprint density at radius 2 is 2.25 bits per heavy atom. The van der Waals surface area contributed by atoms with Gasteiger partial charge in [0.1, 0.15) is 0 Å². The van der Waals surface area contributed by atoms with Crippen LogP contribution >= 0.6 is 0 Å². The van der Waals surface area contributed by atoms with E-state index in [-0.39, 0.29) is 18.2 Å². The molecule has 1 aliphatic carbocycles. The topological polar surface area (TPSA) is 68.2 Å². The van der Waals surface area contributed by atoms with Crippen LogP contribution in [0.4, 0.5) is 4.79 Å². The van der Waals surface area contributed by atoms with Crippen LogP contribution in [0, 0.1) is 0 Å². The molecule has 24 heavy (non-hydrogen) atoms. The van der Waals surface area contributed by atoms with Gasteiger partial charge in [0.15, 0.2) is 0 Å². The summed E-state index contributed by atoms with van der Waals surface area (Å²) in [6.45, 7) is 1.30. The summed E-state index contributed by atoms with van der Waals surface area (Å²) < 4.78 is 7.35. The van der Waals surface area contributed by atoms with Crippen molar-refractivity contribution < 1.29 is 9.53 Å². The van der Waals surface area contributed by atoms with Crippen LogP contribution in [0.15, 0.2) is 43.0 Å². The monoisotopic (exact) mass is 328 g/mol. The van der Waals surface area contributed by atoms with Crippen LogP contribution in [0.1, 0.15) is 30.4 Å². The molecule has 1 saturated carbocycles. The highest BCUT2D eigenvalue weighted by Crippen LogP contribution is 2.21. The molecule has 0 spiro atoms. The summed E-state index contributed by atoms with van der Waals surface area (Å²) in [5, 5.41) is 5.96. The first-order valence-corrected chi connectivity index (χ1v) is 8.33. The Bertz CT molecular complexity index is 657. The van der Waals surface area contributed by atoms with Crippen molar-refractivity contribution >= 4 is 6.03 Å². The minimum atomic E-state index is -0.114. The van der Waals surface area contributed by atoms with E-state index in [9.17, 15) is 4.79 Å². The fourth-order valence-electron chi connectivity index (χ4n) is 3.13. The van der Waals surface area contributed by atoms with Gasteiger partial charge in [0, 0.05) is 38.6 Å². The van der Waals surface area contributed by atoms with Crippen molar-refractivity contribution in [2.75, 3.05) is 7.11 Å². The zero-order valence-electron chi connectivity index (χ0n) is 13.9. The third-order valence-corrected chi connectivity index (χ3v) is 4.42. The van der Waals surface area contributed by atoms with Crippen molar-refractivity contribution in [3.05, 3.63) is 54.1 Å². The van der Waals surface area contributed by atoms with Gasteiger partial charge in [-0.1, -0.05) is 24.3 Å². The number of urea groups is 1. The number of aromatic nitrogens is 2. The average molecular weight is 328 g/mol. The Hall–Kier alpha value is -2.34. The molecule has 0 bridgehead atoms. The molecule has 2 atom stereocenters. The number of nitrogens with one attached hydrogen (secondary N) is 2. The second-order valence-corrected chi connectivity index (χ2v) is 6.25. The molecule has 128 valence electrons. The Kier molecular flexibility index (Phi) is 5.48. The zero-order chi connectivity index (χ0) is 16.8. The highest BCUT2D eigenvalue weighted by Gasteiger charge is 2.25. The average Bonchev–Trinajstić information content (AvgIpc) is 3.25. The zero-order valence-corrected chi connectivity index (χ0v) is 13.9. The van der Waals surface area contributed by atoms with E-state index in [0.29, 0.717) is 6.54 Å². The van der Waals surface area contributed by atoms with Gasteiger partial charge in [-0.05, 0) is 30.4 Å². The maximum absolute atomic E-state index is 12.0. The van der Waals surface area contributed by atoms with Gasteiger partial charge in [-0.2, -0.15) is 0 Å². The van der Waals surface area contributed by atoms with Crippen molar-refractivity contribution in [2.45, 2.75) is 44.5 Å². The largest absolute Gasteiger partial charge is 0.381 e. The van der Waals surface area contributed by atoms with Crippen molar-refractivity contribution in [3.63, 3.8) is 0 Å². The second kappa shape index (κ2) is 7.97. The van der Waals surface area contributed by atoms with Gasteiger partial charge in [-0.15, -0.1) is 0 Å². The molecule has 1 fully saturated rings. The molecule has 6 nitrogen and oxygen atoms in total. The predicted octanol–water partition coefficient (Wildman–Crippen LogP) is 2.30. The molecular formula is C18H24N4O2. The quantitative estimate of drug-likeness (QED) is 0.855. The summed E-state index contributed by atoms with van der Waals surface area (Å²) in [6, 6.07) is 8.32. The van der Waals surface area contributed by atoms with Crippen LogP contribution in [-0.2, 0) is 17.8 Å². The third-order valence-electron chi connectivity index (χ3n) is 4.42. The Labute approximate surface area is 142 Å². The van der Waals surface area contributed by atoms with E-state index in [1.807, 2.05) is 22.9 Å². The summed E-state index contributed by atoms with van der Waals surface area (Å²) in [6.07, 6.45) is 8.66. The second-order valence-electron chi connectivity index (χ2n) is 6.25. The van der Waals surface area contributed by atoms with Gasteiger partial charge in [-0.25, -0.2) is 9.78 Å². The lowest BCUT2D eigenvalue weighted by Gasteiger charge is -2.14. The molecule has 6 heteroatoms. The van der Waals surface area contributed by atoms with Gasteiger partial charge >= 0.3 is 6.03 Å². The molecule has 1 aromatic heterocycles. The summed E-state index contributed by atoms with van der Waals surface area (Å²) in [5.74, 6) is 0. The number of benzene rings is 1. The van der Waals surface area contributed by atoms with Crippen LogP contribution in [0.25, 0.3) is 0 Å². The Balaban J connectivity index is 1.47. The third kappa shape index (κ3) is 4.58. The van der Waals surface area contributed by atoms with Crippen molar-refractivity contribution in [2.24, 2.45) is 0 Å². The smallest absolute Gasteiger partial charge is 0.315 e. The number of nitrogens with zero attached hydrogens (tertiary/aromatic N) is 2. The van der Waals surface area contributed by atoms with Crippen LogP contribution in [0.2, 0.25) is 0 Å². The number of methoxy groups -OCH3 is 1. The Morgan fingerprint density at radius 3 is 3.00 bits per heavy atom. The van der Waals surface area contributed by atoms with Crippen molar-refractivity contribution in [1.29, 1.82) is 0 Å². The van der Waals surface area contributed by atoms with E-state index in [1.54, 1.807) is 19.6 Å². The van der Waals surface area contributed by atoms with Crippen molar-refractivity contribution in [1.82, 2.24) is 20.2 Å². The lowest BCUT2D eigenvalue weighted by molar-refractivity contribution is 0.107. The molecule has 1 aromatic carbocycles. The van der Waals surface area contributed by atoms with Gasteiger partial charge in [0.05, 0.1) is 12.4 Å². The van der Waals surface area contributed by atoms with Crippen molar-refractivity contribution in [3.8, 4) is 0 Å². The van der Waals surface area contributed by atoms with Crippen LogP contribution in [0.3, 0.4) is 0 Å². The first kappa shape index (κ1) is 16.5. The van der Waals surface area contributed by atoms with E-state index in [4.69, 9.17) is 4.74 Å². The van der Waals surface area contributed by atoms with Gasteiger partial charge in [0.2, 0.25) is 0 Å². The molecule has 2 amide bonds. The summed E-state index contributed by atoms with van der Waals surface area (Å²) in [4.78, 5) is 16.1. The standard InChI is InChI=1S/C18H24N4O2/c1-24-17-6-5-16(10-17)21-18(23)20-11-14-3-2-4-15(9-14)12-22-8-7-19-13-22/h2-4,7-9,13,16-17H,5-6,10-12H2,1H3,(H2,20,21,23)/t16-,17-/m0/s1. The molecule has 0 unspecified atom stereocenters. The SMILES string of the molecule is CO[C@H]1CC[C@H](NC(=O)NCc2cccc(Cn3ccnc3)c2)C1. The highest BCUT2D eigenvalue weighted by atomic mass is 16.5. The first-order chi connectivity index (χ1) is 11.7. The van der Waals surface area contributed by atoms with Gasteiger partial charge in [0.25, 0.3) is 0 Å². The minimum absolute atomic E-state index is 0.114. The lowest BCUT2D eigenvalue weighted by atomic mass is 10.1. The number of imidazole rings is 1. The number of carbonyl (C=O) groups excluding carboxylic acids is 1. The van der Waals surface area contributed by atoms with E-state index in [2.05, 4.69) is 27.8 Å². The maximum Gasteiger partial charge on any atom is 0.315 e. The predicted molar refractivity (Wildman–Crippen MR) is 91.6 cm³/mol. The maximum atomic E-state index is 12.0. The molecule has 0 radical (unpaired) electrons. The molecule has 3 rings (SSSR count). The first-order valence-electron chi connectivity index (χ1n) is 8.33. The van der Waals surface area contributed by atoms with Crippen LogP contribution in [-0.4, -0.2) is 34.8 Å². The summed E-state index contributed by atoms with van der Waals surface area (Å²) >= 11 is 0. The number of carbonyl (C=O) groups is 1. The van der Waals surface area contributed by atoms with Gasteiger partial charge in [-0.3, -0.25) is 0 Å². The normalized spacial score (nSPS) is 20.0. The highest BCUT2D eigenvalue weighted by molar-refractivity contribution is 5.74. The Morgan fingerprint density at radius 1 is 1.38 bits per heavy atom. The fourth-order valence-corrected chi connectivity index (χ4v) is 3.13. The van der Waals surface area contributed by atoms with E-state index in [1.165, 1.54) is 5.56 Å². The number of ether oxygens (including phenoxy) is 1. The number of rotatable bonds is 6. The molecule has 2 N–H and O–H groups in total. The lowest BCUT2D eigenvalue weighted by Crippen LogP contribution is -2.40. The molecule has 1 heterocycles.